The zero-order valence-corrected chi connectivity index (χ0v) is 13.5. The molecule has 0 bridgehead atoms. The van der Waals surface area contributed by atoms with Crippen LogP contribution in [-0.2, 0) is 11.8 Å². The van der Waals surface area contributed by atoms with E-state index in [4.69, 9.17) is 16.3 Å². The molecule has 0 radical (unpaired) electrons. The van der Waals surface area contributed by atoms with Gasteiger partial charge in [0.2, 0.25) is 0 Å². The fourth-order valence-electron chi connectivity index (χ4n) is 2.39. The van der Waals surface area contributed by atoms with Crippen LogP contribution in [0.4, 0.5) is 0 Å². The van der Waals surface area contributed by atoms with Crippen LogP contribution in [0.15, 0.2) is 54.7 Å². The summed E-state index contributed by atoms with van der Waals surface area (Å²) in [7, 11) is 3.29. The van der Waals surface area contributed by atoms with Gasteiger partial charge in [-0.2, -0.15) is 0 Å². The number of esters is 1. The lowest BCUT2D eigenvalue weighted by atomic mass is 10.1. The Balaban J connectivity index is 1.98. The maximum atomic E-state index is 11.5. The summed E-state index contributed by atoms with van der Waals surface area (Å²) in [6.45, 7) is 0. The molecular formula is C18H15ClN2O2. The van der Waals surface area contributed by atoms with E-state index in [-0.39, 0.29) is 5.97 Å². The van der Waals surface area contributed by atoms with E-state index < -0.39 is 0 Å². The van der Waals surface area contributed by atoms with E-state index in [9.17, 15) is 4.79 Å². The highest BCUT2D eigenvalue weighted by molar-refractivity contribution is 6.33. The normalized spacial score (nSPS) is 10.6. The first kappa shape index (κ1) is 15.3. The third kappa shape index (κ3) is 2.98. The third-order valence-corrected chi connectivity index (χ3v) is 3.92. The Morgan fingerprint density at radius 2 is 1.83 bits per heavy atom. The molecule has 1 aromatic heterocycles. The van der Waals surface area contributed by atoms with Crippen molar-refractivity contribution in [3.63, 3.8) is 0 Å². The van der Waals surface area contributed by atoms with Crippen molar-refractivity contribution in [1.82, 2.24) is 9.55 Å². The molecule has 2 aromatic carbocycles. The molecule has 3 rings (SSSR count). The largest absolute Gasteiger partial charge is 0.465 e. The Kier molecular flexibility index (Phi) is 4.17. The summed E-state index contributed by atoms with van der Waals surface area (Å²) in [6, 6.07) is 14.8. The fourth-order valence-corrected chi connectivity index (χ4v) is 2.61. The van der Waals surface area contributed by atoms with Crippen LogP contribution in [0.2, 0.25) is 5.02 Å². The standard InChI is InChI=1S/C18H15ClN2O2/c1-21-11-16(12-7-9-13(10-8-12)18(22)23-2)20-17(21)14-5-3-4-6-15(14)19/h3-11H,1-2H3. The van der Waals surface area contributed by atoms with E-state index in [1.54, 1.807) is 12.1 Å². The summed E-state index contributed by atoms with van der Waals surface area (Å²) >= 11 is 6.25. The van der Waals surface area contributed by atoms with Gasteiger partial charge in [-0.05, 0) is 24.3 Å². The van der Waals surface area contributed by atoms with Gasteiger partial charge in [-0.25, -0.2) is 9.78 Å². The number of halogens is 1. The van der Waals surface area contributed by atoms with Gasteiger partial charge >= 0.3 is 5.97 Å². The first-order valence-corrected chi connectivity index (χ1v) is 7.45. The number of imidazole rings is 1. The molecule has 0 saturated heterocycles. The van der Waals surface area contributed by atoms with Crippen LogP contribution in [-0.4, -0.2) is 22.6 Å². The van der Waals surface area contributed by atoms with E-state index >= 15 is 0 Å². The van der Waals surface area contributed by atoms with Crippen molar-refractivity contribution in [2.45, 2.75) is 0 Å². The Morgan fingerprint density at radius 3 is 2.48 bits per heavy atom. The van der Waals surface area contributed by atoms with Crippen molar-refractivity contribution in [3.8, 4) is 22.6 Å². The lowest BCUT2D eigenvalue weighted by molar-refractivity contribution is 0.0601. The second-order valence-electron chi connectivity index (χ2n) is 5.11. The van der Waals surface area contributed by atoms with Crippen LogP contribution in [0.1, 0.15) is 10.4 Å². The van der Waals surface area contributed by atoms with E-state index in [0.29, 0.717) is 10.6 Å². The predicted octanol–water partition coefficient (Wildman–Crippen LogP) is 4.19. The zero-order chi connectivity index (χ0) is 16.4. The van der Waals surface area contributed by atoms with Gasteiger partial charge in [-0.3, -0.25) is 0 Å². The fraction of sp³-hybridized carbons (Fsp3) is 0.111. The molecule has 0 saturated carbocycles. The second kappa shape index (κ2) is 6.26. The molecule has 0 N–H and O–H groups in total. The number of aryl methyl sites for hydroxylation is 1. The monoisotopic (exact) mass is 326 g/mol. The number of benzene rings is 2. The molecule has 4 nitrogen and oxygen atoms in total. The molecule has 0 unspecified atom stereocenters. The van der Waals surface area contributed by atoms with E-state index in [1.165, 1.54) is 7.11 Å². The van der Waals surface area contributed by atoms with Crippen LogP contribution >= 0.6 is 11.6 Å². The second-order valence-corrected chi connectivity index (χ2v) is 5.52. The van der Waals surface area contributed by atoms with E-state index in [1.807, 2.05) is 54.2 Å². The molecule has 0 aliphatic rings. The molecule has 0 aliphatic carbocycles. The Labute approximate surface area is 139 Å². The molecule has 5 heteroatoms. The summed E-state index contributed by atoms with van der Waals surface area (Å²) in [6.07, 6.45) is 1.94. The third-order valence-electron chi connectivity index (χ3n) is 3.59. The predicted molar refractivity (Wildman–Crippen MR) is 90.4 cm³/mol. The smallest absolute Gasteiger partial charge is 0.337 e. The number of carbonyl (C=O) groups excluding carboxylic acids is 1. The van der Waals surface area contributed by atoms with Crippen molar-refractivity contribution in [3.05, 3.63) is 65.3 Å². The molecule has 0 spiro atoms. The lowest BCUT2D eigenvalue weighted by Gasteiger charge is -2.03. The molecule has 0 fully saturated rings. The minimum Gasteiger partial charge on any atom is -0.465 e. The maximum absolute atomic E-state index is 11.5. The number of methoxy groups -OCH3 is 1. The van der Waals surface area contributed by atoms with Gasteiger partial charge in [0.1, 0.15) is 5.82 Å². The van der Waals surface area contributed by atoms with Crippen molar-refractivity contribution in [1.29, 1.82) is 0 Å². The van der Waals surface area contributed by atoms with Crippen molar-refractivity contribution in [2.24, 2.45) is 7.05 Å². The van der Waals surface area contributed by atoms with Gasteiger partial charge in [-0.15, -0.1) is 0 Å². The number of hydrogen-bond donors (Lipinski definition) is 0. The van der Waals surface area contributed by atoms with Crippen molar-refractivity contribution >= 4 is 17.6 Å². The van der Waals surface area contributed by atoms with E-state index in [0.717, 1.165) is 22.6 Å². The van der Waals surface area contributed by atoms with Gasteiger partial charge < -0.3 is 9.30 Å². The Morgan fingerprint density at radius 1 is 1.13 bits per heavy atom. The summed E-state index contributed by atoms with van der Waals surface area (Å²) in [5.41, 5.74) is 3.14. The maximum Gasteiger partial charge on any atom is 0.337 e. The summed E-state index contributed by atoms with van der Waals surface area (Å²) in [4.78, 5) is 16.2. The first-order chi connectivity index (χ1) is 11.1. The topological polar surface area (TPSA) is 44.1 Å². The highest BCUT2D eigenvalue weighted by Gasteiger charge is 2.12. The molecule has 0 atom stereocenters. The highest BCUT2D eigenvalue weighted by atomic mass is 35.5. The first-order valence-electron chi connectivity index (χ1n) is 7.07. The quantitative estimate of drug-likeness (QED) is 0.678. The molecule has 116 valence electrons. The van der Waals surface area contributed by atoms with Gasteiger partial charge in [0.15, 0.2) is 0 Å². The van der Waals surface area contributed by atoms with Crippen LogP contribution < -0.4 is 0 Å². The number of rotatable bonds is 3. The Hall–Kier alpha value is -2.59. The molecule has 23 heavy (non-hydrogen) atoms. The number of nitrogens with zero attached hydrogens (tertiary/aromatic N) is 2. The van der Waals surface area contributed by atoms with Crippen LogP contribution in [0, 0.1) is 0 Å². The van der Waals surface area contributed by atoms with Crippen LogP contribution in [0.5, 0.6) is 0 Å². The van der Waals surface area contributed by atoms with Crippen molar-refractivity contribution < 1.29 is 9.53 Å². The molecule has 0 amide bonds. The van der Waals surface area contributed by atoms with Crippen LogP contribution in [0.25, 0.3) is 22.6 Å². The van der Waals surface area contributed by atoms with Gasteiger partial charge in [0, 0.05) is 24.4 Å². The summed E-state index contributed by atoms with van der Waals surface area (Å²) in [5, 5.41) is 0.661. The van der Waals surface area contributed by atoms with Gasteiger partial charge in [-0.1, -0.05) is 35.9 Å². The zero-order valence-electron chi connectivity index (χ0n) is 12.8. The highest BCUT2D eigenvalue weighted by Crippen LogP contribution is 2.29. The summed E-state index contributed by atoms with van der Waals surface area (Å²) < 4.78 is 6.64. The Bertz CT molecular complexity index is 854. The number of ether oxygens (including phenoxy) is 1. The molecule has 0 aliphatic heterocycles. The van der Waals surface area contributed by atoms with Crippen molar-refractivity contribution in [2.75, 3.05) is 7.11 Å². The van der Waals surface area contributed by atoms with Crippen LogP contribution in [0.3, 0.4) is 0 Å². The number of carbonyl (C=O) groups is 1. The molecular weight excluding hydrogens is 312 g/mol. The van der Waals surface area contributed by atoms with Gasteiger partial charge in [0.25, 0.3) is 0 Å². The van der Waals surface area contributed by atoms with Gasteiger partial charge in [0.05, 0.1) is 23.4 Å². The SMILES string of the molecule is COC(=O)c1ccc(-c2cn(C)c(-c3ccccc3Cl)n2)cc1. The lowest BCUT2D eigenvalue weighted by Crippen LogP contribution is -2.00. The molecule has 1 heterocycles. The molecule has 3 aromatic rings. The number of aromatic nitrogens is 2. The summed E-state index contributed by atoms with van der Waals surface area (Å²) in [5.74, 6) is 0.442. The average molecular weight is 327 g/mol. The minimum absolute atomic E-state index is 0.352. The van der Waals surface area contributed by atoms with E-state index in [2.05, 4.69) is 4.98 Å². The average Bonchev–Trinajstić information content (AvgIpc) is 2.96. The minimum atomic E-state index is -0.352. The number of hydrogen-bond acceptors (Lipinski definition) is 3.